The summed E-state index contributed by atoms with van der Waals surface area (Å²) in [6, 6.07) is -0.0481. The molecule has 1 aliphatic rings. The van der Waals surface area contributed by atoms with Crippen LogP contribution < -0.4 is 11.5 Å². The van der Waals surface area contributed by atoms with Crippen LogP contribution in [0.1, 0.15) is 91.9 Å². The Morgan fingerprint density at radius 2 is 1.92 bits per heavy atom. The second kappa shape index (κ2) is 11.8. The standard InChI is InChI=1S/C21H41N3O/c1-5-8-13-18-17(7-3)12-9-11-16(10-6-2)14-19(24-18)20(15(4)25)21(22)23/h16-17,19-21H,5-14,22-23H2,1-4H3. The Balaban J connectivity index is 3.21. The van der Waals surface area contributed by atoms with E-state index in [4.69, 9.17) is 16.5 Å². The maximum atomic E-state index is 12.3. The van der Waals surface area contributed by atoms with E-state index in [1.807, 2.05) is 0 Å². The van der Waals surface area contributed by atoms with E-state index in [9.17, 15) is 4.79 Å². The topological polar surface area (TPSA) is 81.5 Å². The first-order valence-corrected chi connectivity index (χ1v) is 10.5. The molecule has 0 spiro atoms. The molecule has 0 aromatic heterocycles. The molecule has 4 N–H and O–H groups in total. The second-order valence-electron chi connectivity index (χ2n) is 7.93. The fourth-order valence-corrected chi connectivity index (χ4v) is 4.41. The van der Waals surface area contributed by atoms with Gasteiger partial charge < -0.3 is 11.5 Å². The molecule has 0 aliphatic carbocycles. The van der Waals surface area contributed by atoms with Crippen molar-refractivity contribution >= 4 is 11.5 Å². The van der Waals surface area contributed by atoms with E-state index in [-0.39, 0.29) is 17.7 Å². The van der Waals surface area contributed by atoms with Crippen molar-refractivity contribution in [1.82, 2.24) is 0 Å². The van der Waals surface area contributed by atoms with Crippen LogP contribution in [0.25, 0.3) is 0 Å². The van der Waals surface area contributed by atoms with Crippen molar-refractivity contribution in [2.24, 2.45) is 34.2 Å². The lowest BCUT2D eigenvalue weighted by Crippen LogP contribution is -2.48. The van der Waals surface area contributed by atoms with Crippen LogP contribution in [0, 0.1) is 17.8 Å². The smallest absolute Gasteiger partial charge is 0.137 e. The van der Waals surface area contributed by atoms with Gasteiger partial charge in [-0.2, -0.15) is 0 Å². The molecule has 0 fully saturated rings. The number of carbonyl (C=O) groups is 1. The number of ketones is 1. The quantitative estimate of drug-likeness (QED) is 0.602. The van der Waals surface area contributed by atoms with Crippen LogP contribution in [0.5, 0.6) is 0 Å². The first-order chi connectivity index (χ1) is 11.9. The highest BCUT2D eigenvalue weighted by Crippen LogP contribution is 2.31. The monoisotopic (exact) mass is 351 g/mol. The minimum atomic E-state index is -0.623. The van der Waals surface area contributed by atoms with Gasteiger partial charge in [0.15, 0.2) is 0 Å². The Morgan fingerprint density at radius 3 is 2.44 bits per heavy atom. The Labute approximate surface area is 155 Å². The van der Waals surface area contributed by atoms with Gasteiger partial charge in [0.25, 0.3) is 0 Å². The molecule has 0 amide bonds. The van der Waals surface area contributed by atoms with Gasteiger partial charge in [-0.3, -0.25) is 9.79 Å². The lowest BCUT2D eigenvalue weighted by Gasteiger charge is -2.29. The van der Waals surface area contributed by atoms with E-state index in [0.717, 1.165) is 19.3 Å². The third kappa shape index (κ3) is 7.18. The van der Waals surface area contributed by atoms with Gasteiger partial charge in [-0.05, 0) is 50.9 Å². The number of rotatable bonds is 9. The summed E-state index contributed by atoms with van der Waals surface area (Å²) in [5, 5.41) is 0. The van der Waals surface area contributed by atoms with Crippen molar-refractivity contribution in [1.29, 1.82) is 0 Å². The molecule has 146 valence electrons. The predicted molar refractivity (Wildman–Crippen MR) is 108 cm³/mol. The average molecular weight is 352 g/mol. The molecule has 0 saturated carbocycles. The number of Topliss-reactive ketones (excluding diaryl/α,β-unsaturated/α-hetero) is 1. The Morgan fingerprint density at radius 1 is 1.20 bits per heavy atom. The maximum absolute atomic E-state index is 12.3. The normalized spacial score (nSPS) is 26.5. The highest BCUT2D eigenvalue weighted by molar-refractivity contribution is 5.87. The lowest BCUT2D eigenvalue weighted by molar-refractivity contribution is -0.122. The predicted octanol–water partition coefficient (Wildman–Crippen LogP) is 4.45. The second-order valence-corrected chi connectivity index (χ2v) is 7.93. The summed E-state index contributed by atoms with van der Waals surface area (Å²) in [6.45, 7) is 8.35. The number of carbonyl (C=O) groups excluding carboxylic acids is 1. The van der Waals surface area contributed by atoms with Gasteiger partial charge in [0.1, 0.15) is 5.78 Å². The molecular weight excluding hydrogens is 310 g/mol. The zero-order valence-electron chi connectivity index (χ0n) is 17.0. The molecule has 0 saturated heterocycles. The van der Waals surface area contributed by atoms with E-state index >= 15 is 0 Å². The molecule has 4 heteroatoms. The first-order valence-electron chi connectivity index (χ1n) is 10.5. The summed E-state index contributed by atoms with van der Waals surface area (Å²) < 4.78 is 0. The SMILES string of the molecule is CCCCC1=NC(C(C(C)=O)C(N)N)CC(CCC)CCCC1CC. The number of aliphatic imine (C=N–C) groups is 1. The minimum Gasteiger partial charge on any atom is -0.315 e. The summed E-state index contributed by atoms with van der Waals surface area (Å²) >= 11 is 0. The maximum Gasteiger partial charge on any atom is 0.137 e. The first kappa shape index (κ1) is 22.3. The number of hydrogen-bond acceptors (Lipinski definition) is 4. The minimum absolute atomic E-state index is 0.0481. The Bertz CT molecular complexity index is 419. The molecule has 4 unspecified atom stereocenters. The summed E-state index contributed by atoms with van der Waals surface area (Å²) in [4.78, 5) is 17.5. The van der Waals surface area contributed by atoms with Crippen molar-refractivity contribution in [3.05, 3.63) is 0 Å². The van der Waals surface area contributed by atoms with E-state index in [1.54, 1.807) is 6.92 Å². The van der Waals surface area contributed by atoms with Crippen LogP contribution in [-0.4, -0.2) is 23.7 Å². The molecular formula is C21H41N3O. The summed E-state index contributed by atoms with van der Waals surface area (Å²) in [5.41, 5.74) is 13.4. The van der Waals surface area contributed by atoms with Crippen molar-refractivity contribution in [2.75, 3.05) is 0 Å². The van der Waals surface area contributed by atoms with Crippen LogP contribution in [-0.2, 0) is 4.79 Å². The summed E-state index contributed by atoms with van der Waals surface area (Å²) in [6.07, 6.45) is 11.0. The van der Waals surface area contributed by atoms with Crippen LogP contribution in [0.15, 0.2) is 4.99 Å². The fourth-order valence-electron chi connectivity index (χ4n) is 4.41. The van der Waals surface area contributed by atoms with Gasteiger partial charge in [-0.1, -0.05) is 52.9 Å². The van der Waals surface area contributed by atoms with E-state index < -0.39 is 6.17 Å². The Kier molecular flexibility index (Phi) is 10.5. The van der Waals surface area contributed by atoms with Crippen molar-refractivity contribution < 1.29 is 4.79 Å². The fraction of sp³-hybridized carbons (Fsp3) is 0.905. The van der Waals surface area contributed by atoms with E-state index in [1.165, 1.54) is 50.7 Å². The summed E-state index contributed by atoms with van der Waals surface area (Å²) in [5.74, 6) is 0.908. The van der Waals surface area contributed by atoms with Crippen LogP contribution in [0.3, 0.4) is 0 Å². The number of nitrogens with two attached hydrogens (primary N) is 2. The zero-order chi connectivity index (χ0) is 18.8. The molecule has 1 aliphatic heterocycles. The van der Waals surface area contributed by atoms with Gasteiger partial charge in [-0.15, -0.1) is 0 Å². The van der Waals surface area contributed by atoms with Crippen molar-refractivity contribution in [3.63, 3.8) is 0 Å². The average Bonchev–Trinajstić information content (AvgIpc) is 2.62. The van der Waals surface area contributed by atoms with Gasteiger partial charge in [0.2, 0.25) is 0 Å². The van der Waals surface area contributed by atoms with Gasteiger partial charge in [0, 0.05) is 5.71 Å². The number of unbranched alkanes of at least 4 members (excludes halogenated alkanes) is 1. The molecule has 0 aromatic rings. The van der Waals surface area contributed by atoms with E-state index in [0.29, 0.717) is 11.8 Å². The molecule has 4 nitrogen and oxygen atoms in total. The van der Waals surface area contributed by atoms with Gasteiger partial charge in [0.05, 0.1) is 18.1 Å². The van der Waals surface area contributed by atoms with Gasteiger partial charge >= 0.3 is 0 Å². The highest BCUT2D eigenvalue weighted by Gasteiger charge is 2.33. The molecule has 0 radical (unpaired) electrons. The number of nitrogens with zero attached hydrogens (tertiary/aromatic N) is 1. The van der Waals surface area contributed by atoms with Crippen LogP contribution >= 0.6 is 0 Å². The summed E-state index contributed by atoms with van der Waals surface area (Å²) in [7, 11) is 0. The largest absolute Gasteiger partial charge is 0.315 e. The zero-order valence-corrected chi connectivity index (χ0v) is 17.0. The lowest BCUT2D eigenvalue weighted by atomic mass is 9.83. The molecule has 1 heterocycles. The molecule has 0 bridgehead atoms. The van der Waals surface area contributed by atoms with Crippen molar-refractivity contribution in [2.45, 2.75) is 104 Å². The van der Waals surface area contributed by atoms with E-state index in [2.05, 4.69) is 20.8 Å². The highest BCUT2D eigenvalue weighted by atomic mass is 16.1. The van der Waals surface area contributed by atoms with Crippen LogP contribution in [0.2, 0.25) is 0 Å². The molecule has 25 heavy (non-hydrogen) atoms. The number of hydrogen-bond donors (Lipinski definition) is 2. The van der Waals surface area contributed by atoms with Crippen molar-refractivity contribution in [3.8, 4) is 0 Å². The molecule has 4 atom stereocenters. The molecule has 0 aromatic carbocycles. The Hall–Kier alpha value is -0.740. The van der Waals surface area contributed by atoms with Gasteiger partial charge in [-0.25, -0.2) is 0 Å². The van der Waals surface area contributed by atoms with Crippen LogP contribution in [0.4, 0.5) is 0 Å². The third-order valence-corrected chi connectivity index (χ3v) is 5.82. The molecule has 1 rings (SSSR count). The third-order valence-electron chi connectivity index (χ3n) is 5.82.